The normalized spacial score (nSPS) is 19.6. The molecule has 2 saturated heterocycles. The molecule has 0 saturated carbocycles. The summed E-state index contributed by atoms with van der Waals surface area (Å²) in [6, 6.07) is 13.0. The van der Waals surface area contributed by atoms with Crippen LogP contribution < -0.4 is 4.90 Å². The highest BCUT2D eigenvalue weighted by Gasteiger charge is 2.39. The first-order chi connectivity index (χ1) is 17.3. The number of amides is 3. The predicted octanol–water partition coefficient (Wildman–Crippen LogP) is 3.91. The second-order valence-corrected chi connectivity index (χ2v) is 10.7. The van der Waals surface area contributed by atoms with Crippen molar-refractivity contribution in [2.45, 2.75) is 38.3 Å². The van der Waals surface area contributed by atoms with Crippen LogP contribution in [0.1, 0.15) is 52.0 Å². The molecule has 8 heteroatoms. The lowest BCUT2D eigenvalue weighted by Gasteiger charge is -2.39. The van der Waals surface area contributed by atoms with E-state index in [1.54, 1.807) is 18.2 Å². The Morgan fingerprint density at radius 1 is 0.972 bits per heavy atom. The smallest absolute Gasteiger partial charge is 0.263 e. The molecule has 3 heterocycles. The van der Waals surface area contributed by atoms with Crippen molar-refractivity contribution in [2.24, 2.45) is 5.92 Å². The van der Waals surface area contributed by atoms with Crippen LogP contribution in [0.3, 0.4) is 0 Å². The summed E-state index contributed by atoms with van der Waals surface area (Å²) in [5, 5.41) is 0.573. The van der Waals surface area contributed by atoms with Crippen molar-refractivity contribution in [2.75, 3.05) is 45.2 Å². The van der Waals surface area contributed by atoms with Gasteiger partial charge in [-0.25, -0.2) is 0 Å². The number of fused-ring (bicyclic) bond motifs is 1. The number of hydrogen-bond acceptors (Lipinski definition) is 5. The fourth-order valence-corrected chi connectivity index (χ4v) is 5.97. The van der Waals surface area contributed by atoms with Gasteiger partial charge in [0, 0.05) is 37.1 Å². The van der Waals surface area contributed by atoms with E-state index in [1.165, 1.54) is 4.90 Å². The van der Waals surface area contributed by atoms with E-state index >= 15 is 0 Å². The van der Waals surface area contributed by atoms with Gasteiger partial charge in [0.25, 0.3) is 11.8 Å². The molecule has 190 valence electrons. The van der Waals surface area contributed by atoms with Gasteiger partial charge in [-0.1, -0.05) is 29.8 Å². The molecule has 7 nitrogen and oxygen atoms in total. The van der Waals surface area contributed by atoms with E-state index in [0.29, 0.717) is 35.3 Å². The lowest BCUT2D eigenvalue weighted by Crippen LogP contribution is -2.48. The van der Waals surface area contributed by atoms with Crippen molar-refractivity contribution in [3.8, 4) is 0 Å². The SMILES string of the molecule is CN1CCC(N(C)C(=O)C2CCN(c3cccc4c3C(=O)N(Cc3cccc(Cl)c3)C4=O)CC2)CC1. The van der Waals surface area contributed by atoms with Crippen LogP contribution in [0.25, 0.3) is 0 Å². The van der Waals surface area contributed by atoms with Crippen molar-refractivity contribution in [1.82, 2.24) is 14.7 Å². The molecule has 0 N–H and O–H groups in total. The first-order valence-corrected chi connectivity index (χ1v) is 13.1. The average molecular weight is 509 g/mol. The summed E-state index contributed by atoms with van der Waals surface area (Å²) in [5.74, 6) is -0.312. The molecule has 0 spiro atoms. The van der Waals surface area contributed by atoms with Gasteiger partial charge >= 0.3 is 0 Å². The van der Waals surface area contributed by atoms with Crippen LogP contribution in [0.5, 0.6) is 0 Å². The Labute approximate surface area is 217 Å². The number of benzene rings is 2. The summed E-state index contributed by atoms with van der Waals surface area (Å²) >= 11 is 6.10. The van der Waals surface area contributed by atoms with Gasteiger partial charge in [-0.05, 0) is 75.6 Å². The van der Waals surface area contributed by atoms with Gasteiger partial charge in [0.05, 0.1) is 23.4 Å². The largest absolute Gasteiger partial charge is 0.371 e. The summed E-state index contributed by atoms with van der Waals surface area (Å²) in [7, 11) is 4.08. The van der Waals surface area contributed by atoms with E-state index in [2.05, 4.69) is 16.8 Å². The van der Waals surface area contributed by atoms with E-state index in [9.17, 15) is 14.4 Å². The molecule has 3 amide bonds. The van der Waals surface area contributed by atoms with Gasteiger partial charge in [-0.3, -0.25) is 19.3 Å². The third-order valence-corrected chi connectivity index (χ3v) is 8.21. The quantitative estimate of drug-likeness (QED) is 0.573. The molecule has 0 radical (unpaired) electrons. The van der Waals surface area contributed by atoms with Gasteiger partial charge < -0.3 is 14.7 Å². The van der Waals surface area contributed by atoms with Gasteiger partial charge in [-0.2, -0.15) is 0 Å². The molecule has 3 aliphatic heterocycles. The Hall–Kier alpha value is -2.90. The Bertz CT molecular complexity index is 1170. The van der Waals surface area contributed by atoms with Crippen LogP contribution in [0.4, 0.5) is 5.69 Å². The second-order valence-electron chi connectivity index (χ2n) is 10.3. The van der Waals surface area contributed by atoms with E-state index in [1.807, 2.05) is 36.2 Å². The molecule has 36 heavy (non-hydrogen) atoms. The third-order valence-electron chi connectivity index (χ3n) is 7.98. The van der Waals surface area contributed by atoms with Crippen LogP contribution in [0.2, 0.25) is 5.02 Å². The maximum atomic E-state index is 13.4. The number of hydrogen-bond donors (Lipinski definition) is 0. The highest BCUT2D eigenvalue weighted by Crippen LogP contribution is 2.35. The Kier molecular flexibility index (Phi) is 7.04. The molecule has 0 unspecified atom stereocenters. The van der Waals surface area contributed by atoms with Crippen LogP contribution >= 0.6 is 11.6 Å². The minimum absolute atomic E-state index is 0.000622. The summed E-state index contributed by atoms with van der Waals surface area (Å²) in [4.78, 5) is 47.5. The van der Waals surface area contributed by atoms with Crippen LogP contribution in [-0.4, -0.2) is 78.7 Å². The number of nitrogens with zero attached hydrogens (tertiary/aromatic N) is 4. The molecule has 2 fully saturated rings. The topological polar surface area (TPSA) is 64.2 Å². The zero-order valence-corrected chi connectivity index (χ0v) is 21.7. The van der Waals surface area contributed by atoms with Gasteiger partial charge in [0.1, 0.15) is 0 Å². The number of carbonyl (C=O) groups excluding carboxylic acids is 3. The summed E-state index contributed by atoms with van der Waals surface area (Å²) in [5.41, 5.74) is 2.51. The highest BCUT2D eigenvalue weighted by atomic mass is 35.5. The lowest BCUT2D eigenvalue weighted by atomic mass is 9.92. The van der Waals surface area contributed by atoms with Gasteiger partial charge in [0.15, 0.2) is 0 Å². The summed E-state index contributed by atoms with van der Waals surface area (Å²) in [6.07, 6.45) is 3.53. The number of carbonyl (C=O) groups is 3. The Balaban J connectivity index is 1.26. The average Bonchev–Trinajstić information content (AvgIpc) is 3.13. The zero-order chi connectivity index (χ0) is 25.4. The van der Waals surface area contributed by atoms with E-state index in [-0.39, 0.29) is 30.2 Å². The number of rotatable bonds is 5. The maximum absolute atomic E-state index is 13.4. The van der Waals surface area contributed by atoms with E-state index < -0.39 is 0 Å². The molecule has 0 atom stereocenters. The summed E-state index contributed by atoms with van der Waals surface area (Å²) in [6.45, 7) is 3.61. The number of imide groups is 1. The lowest BCUT2D eigenvalue weighted by molar-refractivity contribution is -0.137. The van der Waals surface area contributed by atoms with Crippen molar-refractivity contribution >= 4 is 35.0 Å². The van der Waals surface area contributed by atoms with Crippen LogP contribution in [-0.2, 0) is 11.3 Å². The van der Waals surface area contributed by atoms with Crippen LogP contribution in [0, 0.1) is 5.92 Å². The second kappa shape index (κ2) is 10.2. The van der Waals surface area contributed by atoms with Crippen molar-refractivity contribution < 1.29 is 14.4 Å². The first kappa shape index (κ1) is 24.8. The monoisotopic (exact) mass is 508 g/mol. The fourth-order valence-electron chi connectivity index (χ4n) is 5.76. The van der Waals surface area contributed by atoms with Crippen LogP contribution in [0.15, 0.2) is 42.5 Å². The number of anilines is 1. The van der Waals surface area contributed by atoms with Crippen molar-refractivity contribution in [1.29, 1.82) is 0 Å². The van der Waals surface area contributed by atoms with Crippen molar-refractivity contribution in [3.05, 3.63) is 64.2 Å². The number of likely N-dealkylation sites (tertiary alicyclic amines) is 1. The minimum atomic E-state index is -0.276. The van der Waals surface area contributed by atoms with Crippen molar-refractivity contribution in [3.63, 3.8) is 0 Å². The maximum Gasteiger partial charge on any atom is 0.263 e. The minimum Gasteiger partial charge on any atom is -0.371 e. The van der Waals surface area contributed by atoms with Gasteiger partial charge in [-0.15, -0.1) is 0 Å². The molecule has 0 aliphatic carbocycles. The fraction of sp³-hybridized carbons (Fsp3) is 0.464. The molecule has 2 aromatic rings. The number of piperidine rings is 2. The standard InChI is InChI=1S/C28H33ClN4O3/c1-30-13-11-22(12-14-30)31(2)26(34)20-9-15-32(16-10-20)24-8-4-7-23-25(24)28(36)33(27(23)35)18-19-5-3-6-21(29)17-19/h3-8,17,20,22H,9-16,18H2,1-2H3. The molecular weight excluding hydrogens is 476 g/mol. The number of halogens is 1. The summed E-state index contributed by atoms with van der Waals surface area (Å²) < 4.78 is 0. The predicted molar refractivity (Wildman–Crippen MR) is 140 cm³/mol. The molecule has 0 bridgehead atoms. The first-order valence-electron chi connectivity index (χ1n) is 12.8. The third kappa shape index (κ3) is 4.74. The molecule has 0 aromatic heterocycles. The van der Waals surface area contributed by atoms with E-state index in [4.69, 9.17) is 11.6 Å². The molecular formula is C28H33ClN4O3. The molecule has 2 aromatic carbocycles. The molecule has 5 rings (SSSR count). The van der Waals surface area contributed by atoms with E-state index in [0.717, 1.165) is 50.0 Å². The Morgan fingerprint density at radius 3 is 2.36 bits per heavy atom. The highest BCUT2D eigenvalue weighted by molar-refractivity contribution is 6.30. The van der Waals surface area contributed by atoms with Gasteiger partial charge in [0.2, 0.25) is 5.91 Å². The molecule has 3 aliphatic rings. The zero-order valence-electron chi connectivity index (χ0n) is 21.0. The Morgan fingerprint density at radius 2 is 1.67 bits per heavy atom.